The molecule has 4 heteroatoms. The predicted molar refractivity (Wildman–Crippen MR) is 93.4 cm³/mol. The van der Waals surface area contributed by atoms with Crippen LogP contribution in [0.5, 0.6) is 0 Å². The van der Waals surface area contributed by atoms with E-state index in [1.165, 1.54) is 0 Å². The lowest BCUT2D eigenvalue weighted by molar-refractivity contribution is 0.589. The summed E-state index contributed by atoms with van der Waals surface area (Å²) in [6, 6.07) is 24.7. The van der Waals surface area contributed by atoms with Crippen molar-refractivity contribution in [1.82, 2.24) is 0 Å². The van der Waals surface area contributed by atoms with Crippen LogP contribution in [0.4, 0.5) is 0 Å². The molecule has 2 nitrogen and oxygen atoms in total. The third-order valence-corrected chi connectivity index (χ3v) is 6.00. The van der Waals surface area contributed by atoms with Crippen LogP contribution in [0.25, 0.3) is 0 Å². The Hall–Kier alpha value is -2.10. The van der Waals surface area contributed by atoms with Gasteiger partial charge >= 0.3 is 0 Å². The fourth-order valence-electron chi connectivity index (χ4n) is 2.56. The van der Waals surface area contributed by atoms with E-state index in [0.29, 0.717) is 15.5 Å². The molecule has 0 heterocycles. The maximum absolute atomic E-state index is 13.2. The van der Waals surface area contributed by atoms with Gasteiger partial charge in [-0.3, -0.25) is 0 Å². The Morgan fingerprint density at radius 3 is 1.70 bits per heavy atom. The first kappa shape index (κ1) is 15.8. The van der Waals surface area contributed by atoms with E-state index in [4.69, 9.17) is 11.6 Å². The molecule has 1 unspecified atom stereocenters. The summed E-state index contributed by atoms with van der Waals surface area (Å²) in [5.74, 6) is 0. The molecule has 0 aliphatic carbocycles. The van der Waals surface area contributed by atoms with Crippen molar-refractivity contribution in [2.24, 2.45) is 0 Å². The molecule has 116 valence electrons. The number of halogens is 1. The SMILES string of the molecule is O=S(=O)(c1ccccc1)C(c1ccccc1)c1ccc(Cl)cc1. The smallest absolute Gasteiger partial charge is 0.189 e. The molecule has 0 spiro atoms. The first-order valence-corrected chi connectivity index (χ1v) is 9.11. The van der Waals surface area contributed by atoms with Crippen molar-refractivity contribution in [3.8, 4) is 0 Å². The van der Waals surface area contributed by atoms with E-state index in [9.17, 15) is 8.42 Å². The normalized spacial score (nSPS) is 12.7. The van der Waals surface area contributed by atoms with Crippen LogP contribution in [0.2, 0.25) is 5.02 Å². The molecule has 0 saturated carbocycles. The molecule has 0 N–H and O–H groups in total. The standard InChI is InChI=1S/C19H15ClO2S/c20-17-13-11-16(12-14-17)19(15-7-3-1-4-8-15)23(21,22)18-9-5-2-6-10-18/h1-14,19H. The molecule has 0 aromatic heterocycles. The Labute approximate surface area is 141 Å². The Morgan fingerprint density at radius 1 is 0.652 bits per heavy atom. The molecule has 23 heavy (non-hydrogen) atoms. The second kappa shape index (κ2) is 6.57. The van der Waals surface area contributed by atoms with Crippen LogP contribution in [0.15, 0.2) is 89.8 Å². The van der Waals surface area contributed by atoms with Crippen molar-refractivity contribution in [3.05, 3.63) is 101 Å². The highest BCUT2D eigenvalue weighted by atomic mass is 35.5. The highest BCUT2D eigenvalue weighted by Crippen LogP contribution is 2.35. The minimum absolute atomic E-state index is 0.309. The van der Waals surface area contributed by atoms with Crippen LogP contribution >= 0.6 is 11.6 Å². The number of rotatable bonds is 4. The van der Waals surface area contributed by atoms with Crippen molar-refractivity contribution in [2.75, 3.05) is 0 Å². The Morgan fingerprint density at radius 2 is 1.13 bits per heavy atom. The van der Waals surface area contributed by atoms with Crippen molar-refractivity contribution >= 4 is 21.4 Å². The maximum Gasteiger partial charge on any atom is 0.189 e. The third-order valence-electron chi connectivity index (χ3n) is 3.66. The summed E-state index contributed by atoms with van der Waals surface area (Å²) in [6.45, 7) is 0. The van der Waals surface area contributed by atoms with Crippen LogP contribution in [0.1, 0.15) is 16.4 Å². The summed E-state index contributed by atoms with van der Waals surface area (Å²) in [6.07, 6.45) is 0. The summed E-state index contributed by atoms with van der Waals surface area (Å²) in [5.41, 5.74) is 1.43. The van der Waals surface area contributed by atoms with Crippen molar-refractivity contribution in [3.63, 3.8) is 0 Å². The summed E-state index contributed by atoms with van der Waals surface area (Å²) in [5, 5.41) is -0.180. The lowest BCUT2D eigenvalue weighted by Gasteiger charge is -2.19. The molecule has 0 aliphatic rings. The van der Waals surface area contributed by atoms with Gasteiger partial charge in [0.1, 0.15) is 5.25 Å². The Balaban J connectivity index is 2.18. The molecule has 0 aliphatic heterocycles. The van der Waals surface area contributed by atoms with Crippen LogP contribution in [-0.4, -0.2) is 8.42 Å². The molecule has 0 fully saturated rings. The fraction of sp³-hybridized carbons (Fsp3) is 0.0526. The van der Waals surface area contributed by atoms with E-state index in [1.54, 1.807) is 54.6 Å². The molecule has 0 amide bonds. The maximum atomic E-state index is 13.2. The van der Waals surface area contributed by atoms with Gasteiger partial charge in [-0.1, -0.05) is 72.3 Å². The molecule has 0 radical (unpaired) electrons. The van der Waals surface area contributed by atoms with Crippen LogP contribution in [0, 0.1) is 0 Å². The Kier molecular flexibility index (Phi) is 4.51. The molecular formula is C19H15ClO2S. The molecule has 3 aromatic rings. The molecule has 1 atom stereocenters. The van der Waals surface area contributed by atoms with Gasteiger partial charge in [0.2, 0.25) is 0 Å². The van der Waals surface area contributed by atoms with E-state index in [-0.39, 0.29) is 0 Å². The second-order valence-corrected chi connectivity index (χ2v) is 7.67. The van der Waals surface area contributed by atoms with E-state index in [0.717, 1.165) is 5.56 Å². The fourth-order valence-corrected chi connectivity index (χ4v) is 4.53. The van der Waals surface area contributed by atoms with Gasteiger partial charge in [0.25, 0.3) is 0 Å². The monoisotopic (exact) mass is 342 g/mol. The molecular weight excluding hydrogens is 328 g/mol. The third kappa shape index (κ3) is 3.31. The highest BCUT2D eigenvalue weighted by molar-refractivity contribution is 7.91. The van der Waals surface area contributed by atoms with Crippen molar-refractivity contribution < 1.29 is 8.42 Å². The van der Waals surface area contributed by atoms with Gasteiger partial charge in [-0.15, -0.1) is 0 Å². The summed E-state index contributed by atoms with van der Waals surface area (Å²) in [4.78, 5) is 0.309. The summed E-state index contributed by atoms with van der Waals surface area (Å²) in [7, 11) is -3.56. The number of sulfone groups is 1. The highest BCUT2D eigenvalue weighted by Gasteiger charge is 2.30. The molecule has 3 aromatic carbocycles. The van der Waals surface area contributed by atoms with Gasteiger partial charge in [-0.2, -0.15) is 0 Å². The summed E-state index contributed by atoms with van der Waals surface area (Å²) >= 11 is 5.94. The van der Waals surface area contributed by atoms with Crippen LogP contribution < -0.4 is 0 Å². The van der Waals surface area contributed by atoms with Gasteiger partial charge in [-0.25, -0.2) is 8.42 Å². The average molecular weight is 343 g/mol. The molecule has 3 rings (SSSR count). The van der Waals surface area contributed by atoms with E-state index >= 15 is 0 Å². The predicted octanol–water partition coefficient (Wildman–Crippen LogP) is 4.90. The zero-order chi connectivity index (χ0) is 16.3. The zero-order valence-electron chi connectivity index (χ0n) is 12.3. The minimum Gasteiger partial charge on any atom is -0.223 e. The quantitative estimate of drug-likeness (QED) is 0.675. The first-order valence-electron chi connectivity index (χ1n) is 7.18. The molecule has 0 saturated heterocycles. The number of hydrogen-bond acceptors (Lipinski definition) is 2. The second-order valence-electron chi connectivity index (χ2n) is 5.20. The van der Waals surface area contributed by atoms with Gasteiger partial charge in [0.05, 0.1) is 4.90 Å². The van der Waals surface area contributed by atoms with E-state index in [1.807, 2.05) is 30.3 Å². The van der Waals surface area contributed by atoms with Crippen LogP contribution in [0.3, 0.4) is 0 Å². The van der Waals surface area contributed by atoms with Gasteiger partial charge in [0.15, 0.2) is 9.84 Å². The first-order chi connectivity index (χ1) is 11.1. The lowest BCUT2D eigenvalue weighted by Crippen LogP contribution is -2.15. The summed E-state index contributed by atoms with van der Waals surface area (Å²) < 4.78 is 26.4. The Bertz CT molecular complexity index is 874. The molecule has 0 bridgehead atoms. The topological polar surface area (TPSA) is 34.1 Å². The largest absolute Gasteiger partial charge is 0.223 e. The van der Waals surface area contributed by atoms with Gasteiger partial charge in [0, 0.05) is 5.02 Å². The average Bonchev–Trinajstić information content (AvgIpc) is 2.58. The van der Waals surface area contributed by atoms with Crippen molar-refractivity contribution in [2.45, 2.75) is 10.1 Å². The zero-order valence-corrected chi connectivity index (χ0v) is 13.8. The van der Waals surface area contributed by atoms with Crippen molar-refractivity contribution in [1.29, 1.82) is 0 Å². The van der Waals surface area contributed by atoms with Crippen LogP contribution in [-0.2, 0) is 9.84 Å². The van der Waals surface area contributed by atoms with Gasteiger partial charge < -0.3 is 0 Å². The number of benzene rings is 3. The van der Waals surface area contributed by atoms with Gasteiger partial charge in [-0.05, 0) is 35.4 Å². The number of hydrogen-bond donors (Lipinski definition) is 0. The minimum atomic E-state index is -3.56. The van der Waals surface area contributed by atoms with E-state index < -0.39 is 15.1 Å². The van der Waals surface area contributed by atoms with E-state index in [2.05, 4.69) is 0 Å². The lowest BCUT2D eigenvalue weighted by atomic mass is 10.0.